The summed E-state index contributed by atoms with van der Waals surface area (Å²) in [5.74, 6) is 1.75. The summed E-state index contributed by atoms with van der Waals surface area (Å²) in [4.78, 5) is 0. The number of benzene rings is 1. The molecule has 3 heteroatoms. The lowest BCUT2D eigenvalue weighted by molar-refractivity contribution is 0.522. The lowest BCUT2D eigenvalue weighted by Gasteiger charge is -2.19. The molecular formula is C14H22ClNS. The van der Waals surface area contributed by atoms with Gasteiger partial charge in [-0.2, -0.15) is 11.8 Å². The highest BCUT2D eigenvalue weighted by atomic mass is 35.5. The fourth-order valence-corrected chi connectivity index (χ4v) is 2.50. The Kier molecular flexibility index (Phi) is 7.02. The molecule has 0 aliphatic carbocycles. The quantitative estimate of drug-likeness (QED) is 0.799. The van der Waals surface area contributed by atoms with Crippen LogP contribution in [0.4, 0.5) is 0 Å². The predicted molar refractivity (Wildman–Crippen MR) is 80.3 cm³/mol. The van der Waals surface area contributed by atoms with E-state index in [4.69, 9.17) is 11.6 Å². The van der Waals surface area contributed by atoms with Crippen molar-refractivity contribution in [3.05, 3.63) is 34.9 Å². The Labute approximate surface area is 114 Å². The Morgan fingerprint density at radius 2 is 2.12 bits per heavy atom. The van der Waals surface area contributed by atoms with E-state index < -0.39 is 0 Å². The lowest BCUT2D eigenvalue weighted by Crippen LogP contribution is -2.28. The monoisotopic (exact) mass is 271 g/mol. The fourth-order valence-electron chi connectivity index (χ4n) is 1.79. The van der Waals surface area contributed by atoms with Gasteiger partial charge in [-0.05, 0) is 42.0 Å². The fraction of sp³-hybridized carbons (Fsp3) is 0.571. The van der Waals surface area contributed by atoms with Crippen molar-refractivity contribution in [3.8, 4) is 0 Å². The summed E-state index contributed by atoms with van der Waals surface area (Å²) in [6, 6.07) is 8.78. The first-order valence-corrected chi connectivity index (χ1v) is 7.88. The lowest BCUT2D eigenvalue weighted by atomic mass is 9.96. The van der Waals surface area contributed by atoms with Gasteiger partial charge in [0.15, 0.2) is 0 Å². The summed E-state index contributed by atoms with van der Waals surface area (Å²) >= 11 is 7.96. The van der Waals surface area contributed by atoms with E-state index >= 15 is 0 Å². The molecule has 1 aromatic carbocycles. The average molecular weight is 272 g/mol. The minimum absolute atomic E-state index is 0.533. The molecule has 1 rings (SSSR count). The van der Waals surface area contributed by atoms with Gasteiger partial charge >= 0.3 is 0 Å². The van der Waals surface area contributed by atoms with Crippen LogP contribution in [0.2, 0.25) is 5.02 Å². The van der Waals surface area contributed by atoms with E-state index in [0.29, 0.717) is 12.0 Å². The second-order valence-electron chi connectivity index (χ2n) is 4.60. The Balaban J connectivity index is 2.67. The number of halogens is 1. The predicted octanol–water partition coefficient (Wildman–Crippen LogP) is 4.17. The largest absolute Gasteiger partial charge is 0.314 e. The molecule has 1 unspecified atom stereocenters. The highest BCUT2D eigenvalue weighted by Crippen LogP contribution is 2.23. The molecule has 0 saturated carbocycles. The Hall–Kier alpha value is -0.180. The highest BCUT2D eigenvalue weighted by Gasteiger charge is 2.11. The van der Waals surface area contributed by atoms with Crippen molar-refractivity contribution in [2.75, 3.05) is 18.6 Å². The Morgan fingerprint density at radius 1 is 1.35 bits per heavy atom. The van der Waals surface area contributed by atoms with Gasteiger partial charge in [0, 0.05) is 17.6 Å². The first-order chi connectivity index (χ1) is 8.13. The molecule has 96 valence electrons. The molecule has 0 aliphatic rings. The SMILES string of the molecule is CSCCC(CNC(C)C)c1cccc(Cl)c1. The average Bonchev–Trinajstić information content (AvgIpc) is 2.29. The minimum atomic E-state index is 0.533. The van der Waals surface area contributed by atoms with Gasteiger partial charge in [-0.25, -0.2) is 0 Å². The number of hydrogen-bond donors (Lipinski definition) is 1. The van der Waals surface area contributed by atoms with Gasteiger partial charge in [-0.1, -0.05) is 37.6 Å². The first kappa shape index (κ1) is 14.9. The number of rotatable bonds is 7. The molecule has 0 fully saturated rings. The van der Waals surface area contributed by atoms with Crippen LogP contribution in [0.15, 0.2) is 24.3 Å². The van der Waals surface area contributed by atoms with E-state index in [1.807, 2.05) is 23.9 Å². The van der Waals surface area contributed by atoms with Crippen molar-refractivity contribution in [2.45, 2.75) is 32.2 Å². The maximum absolute atomic E-state index is 6.06. The smallest absolute Gasteiger partial charge is 0.0408 e. The van der Waals surface area contributed by atoms with E-state index in [0.717, 1.165) is 11.6 Å². The standard InChI is InChI=1S/C14H22ClNS/c1-11(2)16-10-13(7-8-17-3)12-5-4-6-14(15)9-12/h4-6,9,11,13,16H,7-8,10H2,1-3H3. The highest BCUT2D eigenvalue weighted by molar-refractivity contribution is 7.98. The summed E-state index contributed by atoms with van der Waals surface area (Å²) in [6.45, 7) is 5.39. The van der Waals surface area contributed by atoms with Gasteiger partial charge in [0.05, 0.1) is 0 Å². The molecule has 1 atom stereocenters. The summed E-state index contributed by atoms with van der Waals surface area (Å²) in [6.07, 6.45) is 3.35. The van der Waals surface area contributed by atoms with Crippen LogP contribution < -0.4 is 5.32 Å². The molecule has 1 nitrogen and oxygen atoms in total. The molecule has 0 spiro atoms. The molecule has 0 saturated heterocycles. The first-order valence-electron chi connectivity index (χ1n) is 6.11. The normalized spacial score (nSPS) is 13.0. The Morgan fingerprint density at radius 3 is 2.71 bits per heavy atom. The van der Waals surface area contributed by atoms with Crippen molar-refractivity contribution in [1.82, 2.24) is 5.32 Å². The third kappa shape index (κ3) is 5.80. The summed E-state index contributed by atoms with van der Waals surface area (Å²) in [5, 5.41) is 4.35. The maximum atomic E-state index is 6.06. The minimum Gasteiger partial charge on any atom is -0.314 e. The molecule has 17 heavy (non-hydrogen) atoms. The van der Waals surface area contributed by atoms with Gasteiger partial charge in [0.25, 0.3) is 0 Å². The van der Waals surface area contributed by atoms with E-state index in [9.17, 15) is 0 Å². The van der Waals surface area contributed by atoms with Crippen LogP contribution in [0, 0.1) is 0 Å². The van der Waals surface area contributed by atoms with Crippen LogP contribution in [0.3, 0.4) is 0 Å². The van der Waals surface area contributed by atoms with Gasteiger partial charge < -0.3 is 5.32 Å². The Bertz CT molecular complexity index is 328. The summed E-state index contributed by atoms with van der Waals surface area (Å²) in [5.41, 5.74) is 1.35. The van der Waals surface area contributed by atoms with Crippen LogP contribution >= 0.6 is 23.4 Å². The van der Waals surface area contributed by atoms with Crippen LogP contribution in [0.25, 0.3) is 0 Å². The third-order valence-corrected chi connectivity index (χ3v) is 3.64. The van der Waals surface area contributed by atoms with Crippen molar-refractivity contribution in [2.24, 2.45) is 0 Å². The van der Waals surface area contributed by atoms with E-state index in [1.165, 1.54) is 17.7 Å². The van der Waals surface area contributed by atoms with E-state index in [1.54, 1.807) is 0 Å². The van der Waals surface area contributed by atoms with Gasteiger partial charge in [0.1, 0.15) is 0 Å². The zero-order chi connectivity index (χ0) is 12.7. The van der Waals surface area contributed by atoms with Crippen molar-refractivity contribution in [1.29, 1.82) is 0 Å². The second-order valence-corrected chi connectivity index (χ2v) is 6.02. The molecule has 0 aromatic heterocycles. The van der Waals surface area contributed by atoms with Crippen molar-refractivity contribution < 1.29 is 0 Å². The number of thioether (sulfide) groups is 1. The second kappa shape index (κ2) is 8.02. The third-order valence-electron chi connectivity index (χ3n) is 2.76. The molecule has 0 bridgehead atoms. The van der Waals surface area contributed by atoms with Gasteiger partial charge in [-0.15, -0.1) is 0 Å². The zero-order valence-corrected chi connectivity index (χ0v) is 12.4. The van der Waals surface area contributed by atoms with Gasteiger partial charge in [-0.3, -0.25) is 0 Å². The maximum Gasteiger partial charge on any atom is 0.0408 e. The number of nitrogens with one attached hydrogen (secondary N) is 1. The molecule has 0 radical (unpaired) electrons. The van der Waals surface area contributed by atoms with E-state index in [-0.39, 0.29) is 0 Å². The van der Waals surface area contributed by atoms with Gasteiger partial charge in [0.2, 0.25) is 0 Å². The summed E-state index contributed by atoms with van der Waals surface area (Å²) in [7, 11) is 0. The molecule has 0 aliphatic heterocycles. The topological polar surface area (TPSA) is 12.0 Å². The number of hydrogen-bond acceptors (Lipinski definition) is 2. The molecule has 0 heterocycles. The van der Waals surface area contributed by atoms with Crippen molar-refractivity contribution in [3.63, 3.8) is 0 Å². The van der Waals surface area contributed by atoms with E-state index in [2.05, 4.69) is 37.6 Å². The molecule has 0 amide bonds. The summed E-state index contributed by atoms with van der Waals surface area (Å²) < 4.78 is 0. The molecular weight excluding hydrogens is 250 g/mol. The van der Waals surface area contributed by atoms with Crippen LogP contribution in [0.1, 0.15) is 31.7 Å². The molecule has 1 aromatic rings. The van der Waals surface area contributed by atoms with Crippen LogP contribution in [0.5, 0.6) is 0 Å². The van der Waals surface area contributed by atoms with Crippen LogP contribution in [-0.4, -0.2) is 24.6 Å². The van der Waals surface area contributed by atoms with Crippen molar-refractivity contribution >= 4 is 23.4 Å². The zero-order valence-electron chi connectivity index (χ0n) is 10.9. The molecule has 1 N–H and O–H groups in total. The van der Waals surface area contributed by atoms with Crippen LogP contribution in [-0.2, 0) is 0 Å².